The van der Waals surface area contributed by atoms with Crippen LogP contribution in [0.4, 0.5) is 11.4 Å². The average molecular weight is 260 g/mol. The van der Waals surface area contributed by atoms with Crippen molar-refractivity contribution in [3.05, 3.63) is 72.6 Å². The van der Waals surface area contributed by atoms with Gasteiger partial charge in [0.1, 0.15) is 0 Å². The molecule has 3 aromatic rings. The van der Waals surface area contributed by atoms with E-state index in [2.05, 4.69) is 16.5 Å². The van der Waals surface area contributed by atoms with Gasteiger partial charge in [-0.2, -0.15) is 10.4 Å². The Morgan fingerprint density at radius 2 is 1.85 bits per heavy atom. The first kappa shape index (κ1) is 12.0. The molecule has 0 unspecified atom stereocenters. The summed E-state index contributed by atoms with van der Waals surface area (Å²) in [6.45, 7) is 0. The number of nitrogens with zero attached hydrogens (tertiary/aromatic N) is 3. The molecule has 3 rings (SSSR count). The van der Waals surface area contributed by atoms with Gasteiger partial charge < -0.3 is 5.32 Å². The van der Waals surface area contributed by atoms with Crippen molar-refractivity contribution < 1.29 is 0 Å². The smallest absolute Gasteiger partial charge is 0.0992 e. The molecule has 0 amide bonds. The van der Waals surface area contributed by atoms with Gasteiger partial charge in [-0.25, -0.2) is 4.68 Å². The van der Waals surface area contributed by atoms with Gasteiger partial charge in [-0.1, -0.05) is 24.3 Å². The van der Waals surface area contributed by atoms with Crippen LogP contribution in [0.2, 0.25) is 0 Å². The molecule has 4 nitrogen and oxygen atoms in total. The maximum Gasteiger partial charge on any atom is 0.0992 e. The van der Waals surface area contributed by atoms with Crippen molar-refractivity contribution in [1.82, 2.24) is 9.78 Å². The van der Waals surface area contributed by atoms with Crippen LogP contribution in [0.25, 0.3) is 5.69 Å². The highest BCUT2D eigenvalue weighted by atomic mass is 15.3. The Kier molecular flexibility index (Phi) is 3.17. The van der Waals surface area contributed by atoms with E-state index in [-0.39, 0.29) is 0 Å². The fourth-order valence-electron chi connectivity index (χ4n) is 1.94. The molecule has 2 aromatic carbocycles. The van der Waals surface area contributed by atoms with Crippen molar-refractivity contribution in [3.8, 4) is 11.8 Å². The minimum Gasteiger partial charge on any atom is -0.353 e. The number of hydrogen-bond donors (Lipinski definition) is 1. The molecule has 0 atom stereocenters. The molecular weight excluding hydrogens is 248 g/mol. The number of para-hydroxylation sites is 1. The van der Waals surface area contributed by atoms with Crippen LogP contribution >= 0.6 is 0 Å². The molecule has 0 aliphatic rings. The predicted octanol–water partition coefficient (Wildman–Crippen LogP) is 3.49. The molecule has 0 fully saturated rings. The Morgan fingerprint density at radius 1 is 1.00 bits per heavy atom. The summed E-state index contributed by atoms with van der Waals surface area (Å²) in [6.07, 6.45) is 3.67. The normalized spacial score (nSPS) is 9.95. The van der Waals surface area contributed by atoms with E-state index in [9.17, 15) is 0 Å². The Morgan fingerprint density at radius 3 is 2.65 bits per heavy atom. The van der Waals surface area contributed by atoms with Crippen LogP contribution in [0.15, 0.2) is 67.0 Å². The van der Waals surface area contributed by atoms with Crippen LogP contribution in [-0.2, 0) is 0 Å². The second kappa shape index (κ2) is 5.29. The van der Waals surface area contributed by atoms with Gasteiger partial charge in [0.25, 0.3) is 0 Å². The molecule has 1 N–H and O–H groups in total. The highest BCUT2D eigenvalue weighted by molar-refractivity contribution is 5.60. The molecule has 1 heterocycles. The number of hydrogen-bond acceptors (Lipinski definition) is 3. The van der Waals surface area contributed by atoms with Crippen LogP contribution in [-0.4, -0.2) is 9.78 Å². The molecule has 0 aliphatic carbocycles. The largest absolute Gasteiger partial charge is 0.353 e. The summed E-state index contributed by atoms with van der Waals surface area (Å²) in [5.74, 6) is 0. The first-order valence-corrected chi connectivity index (χ1v) is 6.22. The molecule has 0 saturated carbocycles. The van der Waals surface area contributed by atoms with Crippen LogP contribution < -0.4 is 5.32 Å². The number of benzene rings is 2. The fraction of sp³-hybridized carbons (Fsp3) is 0. The zero-order valence-electron chi connectivity index (χ0n) is 10.7. The van der Waals surface area contributed by atoms with E-state index in [1.54, 1.807) is 23.0 Å². The molecule has 0 radical (unpaired) electrons. The van der Waals surface area contributed by atoms with Gasteiger partial charge in [-0.3, -0.25) is 0 Å². The van der Waals surface area contributed by atoms with Crippen LogP contribution in [0.1, 0.15) is 5.56 Å². The highest BCUT2D eigenvalue weighted by Crippen LogP contribution is 2.18. The average Bonchev–Trinajstić information content (AvgIpc) is 2.97. The van der Waals surface area contributed by atoms with Gasteiger partial charge in [0, 0.05) is 5.69 Å². The van der Waals surface area contributed by atoms with E-state index >= 15 is 0 Å². The minimum atomic E-state index is 0.630. The monoisotopic (exact) mass is 260 g/mol. The van der Waals surface area contributed by atoms with Crippen molar-refractivity contribution in [2.24, 2.45) is 0 Å². The van der Waals surface area contributed by atoms with Gasteiger partial charge in [0.2, 0.25) is 0 Å². The summed E-state index contributed by atoms with van der Waals surface area (Å²) in [5, 5.41) is 16.4. The number of nitrogens with one attached hydrogen (secondary N) is 1. The van der Waals surface area contributed by atoms with Crippen molar-refractivity contribution in [2.75, 3.05) is 5.32 Å². The first-order chi connectivity index (χ1) is 9.85. The zero-order valence-corrected chi connectivity index (χ0v) is 10.7. The predicted molar refractivity (Wildman–Crippen MR) is 78.0 cm³/mol. The van der Waals surface area contributed by atoms with E-state index < -0.39 is 0 Å². The number of nitriles is 1. The molecule has 96 valence electrons. The minimum absolute atomic E-state index is 0.630. The summed E-state index contributed by atoms with van der Waals surface area (Å²) >= 11 is 0. The number of anilines is 2. The molecule has 4 heteroatoms. The summed E-state index contributed by atoms with van der Waals surface area (Å²) in [7, 11) is 0. The van der Waals surface area contributed by atoms with Crippen molar-refractivity contribution >= 4 is 11.4 Å². The lowest BCUT2D eigenvalue weighted by molar-refractivity contribution is 0.881. The zero-order chi connectivity index (χ0) is 13.8. The van der Waals surface area contributed by atoms with Crippen LogP contribution in [0.3, 0.4) is 0 Å². The fourth-order valence-corrected chi connectivity index (χ4v) is 1.94. The molecule has 0 bridgehead atoms. The van der Waals surface area contributed by atoms with Gasteiger partial charge in [-0.05, 0) is 30.3 Å². The lowest BCUT2D eigenvalue weighted by Gasteiger charge is -2.03. The molecule has 0 aliphatic heterocycles. The van der Waals surface area contributed by atoms with Crippen LogP contribution in [0.5, 0.6) is 0 Å². The third-order valence-corrected chi connectivity index (χ3v) is 2.88. The maximum absolute atomic E-state index is 8.89. The number of aromatic nitrogens is 2. The number of rotatable bonds is 3. The molecule has 20 heavy (non-hydrogen) atoms. The summed E-state index contributed by atoms with van der Waals surface area (Å²) in [4.78, 5) is 0. The van der Waals surface area contributed by atoms with E-state index in [0.717, 1.165) is 17.1 Å². The van der Waals surface area contributed by atoms with Crippen LogP contribution in [0, 0.1) is 11.3 Å². The lowest BCUT2D eigenvalue weighted by atomic mass is 10.2. The maximum atomic E-state index is 8.89. The summed E-state index contributed by atoms with van der Waals surface area (Å²) in [5.41, 5.74) is 3.39. The van der Waals surface area contributed by atoms with E-state index in [1.165, 1.54) is 0 Å². The van der Waals surface area contributed by atoms with Gasteiger partial charge in [0.05, 0.1) is 35.4 Å². The van der Waals surface area contributed by atoms with Gasteiger partial charge >= 0.3 is 0 Å². The van der Waals surface area contributed by atoms with Crippen molar-refractivity contribution in [2.45, 2.75) is 0 Å². The SMILES string of the molecule is N#Cc1cccc(Nc2cnn(-c3ccccc3)c2)c1. The summed E-state index contributed by atoms with van der Waals surface area (Å²) < 4.78 is 1.80. The molecule has 0 spiro atoms. The Balaban J connectivity index is 1.83. The van der Waals surface area contributed by atoms with E-state index in [0.29, 0.717) is 5.56 Å². The summed E-state index contributed by atoms with van der Waals surface area (Å²) in [6, 6.07) is 19.4. The molecule has 1 aromatic heterocycles. The standard InChI is InChI=1S/C16H12N4/c17-10-13-5-4-6-14(9-13)19-15-11-18-20(12-15)16-7-2-1-3-8-16/h1-9,11-12,19H. The highest BCUT2D eigenvalue weighted by Gasteiger charge is 2.01. The molecule has 0 saturated heterocycles. The lowest BCUT2D eigenvalue weighted by Crippen LogP contribution is -1.93. The molecular formula is C16H12N4. The second-order valence-electron chi connectivity index (χ2n) is 4.33. The third kappa shape index (κ3) is 2.52. The quantitative estimate of drug-likeness (QED) is 0.784. The Bertz CT molecular complexity index is 753. The van der Waals surface area contributed by atoms with E-state index in [4.69, 9.17) is 5.26 Å². The van der Waals surface area contributed by atoms with E-state index in [1.807, 2.05) is 48.7 Å². The third-order valence-electron chi connectivity index (χ3n) is 2.88. The van der Waals surface area contributed by atoms with Crippen molar-refractivity contribution in [1.29, 1.82) is 5.26 Å². The van der Waals surface area contributed by atoms with Gasteiger partial charge in [-0.15, -0.1) is 0 Å². The first-order valence-electron chi connectivity index (χ1n) is 6.22. The Labute approximate surface area is 116 Å². The Hall–Kier alpha value is -3.06. The van der Waals surface area contributed by atoms with Crippen molar-refractivity contribution in [3.63, 3.8) is 0 Å². The topological polar surface area (TPSA) is 53.6 Å². The van der Waals surface area contributed by atoms with Gasteiger partial charge in [0.15, 0.2) is 0 Å². The second-order valence-corrected chi connectivity index (χ2v) is 4.33.